The lowest BCUT2D eigenvalue weighted by Crippen LogP contribution is -1.98. The third-order valence-corrected chi connectivity index (χ3v) is 1.91. The molecule has 0 aliphatic carbocycles. The Balaban J connectivity index is 2.82. The summed E-state index contributed by atoms with van der Waals surface area (Å²) in [5.74, 6) is 4.49. The van der Waals surface area contributed by atoms with Crippen LogP contribution in [-0.2, 0) is 9.53 Å². The molecule has 0 bridgehead atoms. The molecule has 1 aromatic rings. The van der Waals surface area contributed by atoms with Gasteiger partial charge < -0.3 is 14.6 Å². The number of hydrogen-bond donors (Lipinski definition) is 1. The number of esters is 1. The maximum Gasteiger partial charge on any atom is 0.384 e. The molecule has 4 nitrogen and oxygen atoms in total. The number of hydrogen-bond acceptors (Lipinski definition) is 4. The van der Waals surface area contributed by atoms with Crippen molar-refractivity contribution < 1.29 is 19.4 Å². The topological polar surface area (TPSA) is 55.8 Å². The molecule has 1 aromatic carbocycles. The van der Waals surface area contributed by atoms with E-state index in [9.17, 15) is 9.90 Å². The predicted molar refractivity (Wildman–Crippen MR) is 57.7 cm³/mol. The fourth-order valence-corrected chi connectivity index (χ4v) is 1.07. The third kappa shape index (κ3) is 3.30. The number of carbonyl (C=O) groups is 1. The van der Waals surface area contributed by atoms with Crippen LogP contribution in [0, 0.1) is 11.8 Å². The first-order chi connectivity index (χ1) is 7.67. The van der Waals surface area contributed by atoms with Crippen LogP contribution in [0.15, 0.2) is 24.3 Å². The maximum absolute atomic E-state index is 10.7. The Labute approximate surface area is 93.8 Å². The molecule has 16 heavy (non-hydrogen) atoms. The second-order valence-electron chi connectivity index (χ2n) is 2.94. The zero-order valence-electron chi connectivity index (χ0n) is 9.06. The summed E-state index contributed by atoms with van der Waals surface area (Å²) < 4.78 is 9.33. The second kappa shape index (κ2) is 5.79. The number of rotatable bonds is 2. The minimum atomic E-state index is -1.03. The minimum Gasteiger partial charge on any atom is -0.497 e. The molecule has 0 fully saturated rings. The molecular weight excluding hydrogens is 208 g/mol. The van der Waals surface area contributed by atoms with Crippen molar-refractivity contribution in [3.05, 3.63) is 29.8 Å². The SMILES string of the molecule is COC(=O)C#C[C@H](O)c1cccc(OC)c1. The van der Waals surface area contributed by atoms with E-state index in [-0.39, 0.29) is 0 Å². The Morgan fingerprint density at radius 3 is 2.81 bits per heavy atom. The smallest absolute Gasteiger partial charge is 0.384 e. The number of benzene rings is 1. The van der Waals surface area contributed by atoms with E-state index in [2.05, 4.69) is 16.6 Å². The average molecular weight is 220 g/mol. The molecule has 0 spiro atoms. The van der Waals surface area contributed by atoms with Gasteiger partial charge in [0.15, 0.2) is 0 Å². The van der Waals surface area contributed by atoms with Gasteiger partial charge in [0.25, 0.3) is 0 Å². The highest BCUT2D eigenvalue weighted by Crippen LogP contribution is 2.18. The largest absolute Gasteiger partial charge is 0.497 e. The molecule has 4 heteroatoms. The van der Waals surface area contributed by atoms with Crippen LogP contribution in [0.2, 0.25) is 0 Å². The molecule has 0 heterocycles. The van der Waals surface area contributed by atoms with E-state index in [4.69, 9.17) is 4.74 Å². The lowest BCUT2D eigenvalue weighted by molar-refractivity contribution is -0.133. The van der Waals surface area contributed by atoms with Crippen molar-refractivity contribution in [1.29, 1.82) is 0 Å². The van der Waals surface area contributed by atoms with E-state index in [0.29, 0.717) is 11.3 Å². The summed E-state index contributed by atoms with van der Waals surface area (Å²) in [6.07, 6.45) is -1.03. The summed E-state index contributed by atoms with van der Waals surface area (Å²) in [7, 11) is 2.76. The van der Waals surface area contributed by atoms with Gasteiger partial charge in [-0.3, -0.25) is 0 Å². The average Bonchev–Trinajstić information content (AvgIpc) is 2.35. The Morgan fingerprint density at radius 1 is 1.44 bits per heavy atom. The van der Waals surface area contributed by atoms with Gasteiger partial charge in [0, 0.05) is 5.92 Å². The van der Waals surface area contributed by atoms with Crippen molar-refractivity contribution in [1.82, 2.24) is 0 Å². The first-order valence-corrected chi connectivity index (χ1v) is 4.59. The van der Waals surface area contributed by atoms with Crippen LogP contribution in [0.3, 0.4) is 0 Å². The quantitative estimate of drug-likeness (QED) is 0.457. The lowest BCUT2D eigenvalue weighted by atomic mass is 10.1. The monoisotopic (exact) mass is 220 g/mol. The van der Waals surface area contributed by atoms with Crippen molar-refractivity contribution in [2.45, 2.75) is 6.10 Å². The van der Waals surface area contributed by atoms with Gasteiger partial charge in [0.05, 0.1) is 14.2 Å². The van der Waals surface area contributed by atoms with Crippen molar-refractivity contribution >= 4 is 5.97 Å². The molecule has 0 radical (unpaired) electrons. The lowest BCUT2D eigenvalue weighted by Gasteiger charge is -2.05. The highest BCUT2D eigenvalue weighted by atomic mass is 16.5. The summed E-state index contributed by atoms with van der Waals surface area (Å²) in [6.45, 7) is 0. The first-order valence-electron chi connectivity index (χ1n) is 4.59. The Morgan fingerprint density at radius 2 is 2.19 bits per heavy atom. The van der Waals surface area contributed by atoms with Gasteiger partial charge in [-0.15, -0.1) is 0 Å². The minimum absolute atomic E-state index is 0.566. The van der Waals surface area contributed by atoms with E-state index < -0.39 is 12.1 Å². The van der Waals surface area contributed by atoms with Crippen LogP contribution in [0.4, 0.5) is 0 Å². The molecule has 1 atom stereocenters. The highest BCUT2D eigenvalue weighted by molar-refractivity contribution is 5.88. The summed E-state index contributed by atoms with van der Waals surface area (Å²) in [6, 6.07) is 6.83. The van der Waals surface area contributed by atoms with Gasteiger partial charge >= 0.3 is 5.97 Å². The van der Waals surface area contributed by atoms with E-state index >= 15 is 0 Å². The Hall–Kier alpha value is -1.99. The summed E-state index contributed by atoms with van der Waals surface area (Å²) in [5, 5.41) is 9.65. The van der Waals surface area contributed by atoms with Crippen LogP contribution in [-0.4, -0.2) is 25.3 Å². The molecule has 0 aliphatic heterocycles. The molecule has 0 aromatic heterocycles. The fraction of sp³-hybridized carbons (Fsp3) is 0.250. The van der Waals surface area contributed by atoms with Crippen LogP contribution in [0.5, 0.6) is 5.75 Å². The van der Waals surface area contributed by atoms with Crippen molar-refractivity contribution in [2.24, 2.45) is 0 Å². The first kappa shape index (κ1) is 12.1. The molecule has 1 rings (SSSR count). The number of aliphatic hydroxyl groups excluding tert-OH is 1. The van der Waals surface area contributed by atoms with E-state index in [1.54, 1.807) is 24.3 Å². The van der Waals surface area contributed by atoms with E-state index in [1.165, 1.54) is 14.2 Å². The zero-order chi connectivity index (χ0) is 12.0. The fourth-order valence-electron chi connectivity index (χ4n) is 1.07. The van der Waals surface area contributed by atoms with Gasteiger partial charge in [0.2, 0.25) is 0 Å². The number of carbonyl (C=O) groups excluding carboxylic acids is 1. The van der Waals surface area contributed by atoms with Crippen LogP contribution in [0.1, 0.15) is 11.7 Å². The maximum atomic E-state index is 10.7. The molecule has 0 aliphatic rings. The van der Waals surface area contributed by atoms with Crippen molar-refractivity contribution in [3.63, 3.8) is 0 Å². The molecule has 0 saturated carbocycles. The highest BCUT2D eigenvalue weighted by Gasteiger charge is 2.05. The van der Waals surface area contributed by atoms with Crippen LogP contribution >= 0.6 is 0 Å². The number of ether oxygens (including phenoxy) is 2. The Bertz CT molecular complexity index is 428. The molecule has 0 amide bonds. The second-order valence-corrected chi connectivity index (χ2v) is 2.94. The van der Waals surface area contributed by atoms with Gasteiger partial charge in [-0.2, -0.15) is 0 Å². The van der Waals surface area contributed by atoms with Crippen LogP contribution < -0.4 is 4.74 Å². The summed E-state index contributed by atoms with van der Waals surface area (Å²) in [5.41, 5.74) is 0.566. The molecule has 0 saturated heterocycles. The van der Waals surface area contributed by atoms with Crippen molar-refractivity contribution in [3.8, 4) is 17.6 Å². The van der Waals surface area contributed by atoms with Crippen molar-refractivity contribution in [2.75, 3.05) is 14.2 Å². The third-order valence-electron chi connectivity index (χ3n) is 1.91. The van der Waals surface area contributed by atoms with Gasteiger partial charge in [-0.25, -0.2) is 4.79 Å². The van der Waals surface area contributed by atoms with E-state index in [0.717, 1.165) is 0 Å². The zero-order valence-corrected chi connectivity index (χ0v) is 9.06. The Kier molecular flexibility index (Phi) is 4.37. The standard InChI is InChI=1S/C12H12O4/c1-15-10-5-3-4-9(8-10)11(13)6-7-12(14)16-2/h3-5,8,11,13H,1-2H3/t11-/m0/s1. The molecule has 0 unspecified atom stereocenters. The van der Waals surface area contributed by atoms with E-state index in [1.807, 2.05) is 0 Å². The molecular formula is C12H12O4. The van der Waals surface area contributed by atoms with Crippen LogP contribution in [0.25, 0.3) is 0 Å². The normalized spacial score (nSPS) is 10.9. The predicted octanol–water partition coefficient (Wildman–Crippen LogP) is 0.905. The van der Waals surface area contributed by atoms with Gasteiger partial charge in [-0.1, -0.05) is 18.1 Å². The summed E-state index contributed by atoms with van der Waals surface area (Å²) in [4.78, 5) is 10.7. The molecule has 1 N–H and O–H groups in total. The van der Waals surface area contributed by atoms with Gasteiger partial charge in [0.1, 0.15) is 11.9 Å². The number of aliphatic hydroxyl groups is 1. The molecule has 84 valence electrons. The number of methoxy groups -OCH3 is 2. The summed E-state index contributed by atoms with van der Waals surface area (Å²) >= 11 is 0. The van der Waals surface area contributed by atoms with Gasteiger partial charge in [-0.05, 0) is 17.7 Å².